The predicted molar refractivity (Wildman–Crippen MR) is 116 cm³/mol. The van der Waals surface area contributed by atoms with E-state index < -0.39 is 15.1 Å². The summed E-state index contributed by atoms with van der Waals surface area (Å²) in [5.74, 6) is 0.0548. The van der Waals surface area contributed by atoms with Crippen LogP contribution in [0.5, 0.6) is 5.75 Å². The molecule has 0 aromatic heterocycles. The average Bonchev–Trinajstić information content (AvgIpc) is 3.06. The zero-order valence-electron chi connectivity index (χ0n) is 17.4. The summed E-state index contributed by atoms with van der Waals surface area (Å²) in [6, 6.07) is 15.0. The fourth-order valence-electron chi connectivity index (χ4n) is 4.70. The van der Waals surface area contributed by atoms with Crippen molar-refractivity contribution < 1.29 is 22.7 Å². The van der Waals surface area contributed by atoms with Gasteiger partial charge in [-0.15, -0.1) is 0 Å². The molecule has 0 aliphatic carbocycles. The molecule has 2 amide bonds. The average molecular weight is 443 g/mol. The summed E-state index contributed by atoms with van der Waals surface area (Å²) >= 11 is 0. The van der Waals surface area contributed by atoms with E-state index in [1.165, 1.54) is 7.11 Å². The van der Waals surface area contributed by atoms with Crippen molar-refractivity contribution in [2.24, 2.45) is 0 Å². The Balaban J connectivity index is 1.39. The Morgan fingerprint density at radius 3 is 2.35 bits per heavy atom. The number of carbonyl (C=O) groups excluding carboxylic acids is 2. The molecule has 2 atom stereocenters. The van der Waals surface area contributed by atoms with Crippen molar-refractivity contribution >= 4 is 21.7 Å². The lowest BCUT2D eigenvalue weighted by Crippen LogP contribution is -2.52. The minimum Gasteiger partial charge on any atom is -0.497 e. The minimum atomic E-state index is -3.42. The first kappa shape index (κ1) is 21.4. The van der Waals surface area contributed by atoms with Crippen molar-refractivity contribution in [3.8, 4) is 5.75 Å². The van der Waals surface area contributed by atoms with Gasteiger partial charge >= 0.3 is 0 Å². The fraction of sp³-hybridized carbons (Fsp3) is 0.391. The normalized spacial score (nSPS) is 22.7. The first-order chi connectivity index (χ1) is 14.9. The van der Waals surface area contributed by atoms with Gasteiger partial charge in [-0.2, -0.15) is 0 Å². The maximum Gasteiger partial charge on any atom is 0.251 e. The van der Waals surface area contributed by atoms with E-state index in [0.29, 0.717) is 29.1 Å². The zero-order chi connectivity index (χ0) is 22.0. The third kappa shape index (κ3) is 4.30. The number of carbonyl (C=O) groups is 2. The molecule has 0 unspecified atom stereocenters. The molecule has 0 radical (unpaired) electrons. The smallest absolute Gasteiger partial charge is 0.251 e. The third-order valence-electron chi connectivity index (χ3n) is 6.22. The van der Waals surface area contributed by atoms with Gasteiger partial charge in [-0.1, -0.05) is 24.3 Å². The van der Waals surface area contributed by atoms with Crippen LogP contribution in [0.4, 0.5) is 0 Å². The number of ether oxygens (including phenoxy) is 1. The summed E-state index contributed by atoms with van der Waals surface area (Å²) in [5.41, 5.74) is 0.419. The third-order valence-corrected chi connectivity index (χ3v) is 8.41. The lowest BCUT2D eigenvalue weighted by atomic mass is 10.0. The van der Waals surface area contributed by atoms with Crippen LogP contribution < -0.4 is 10.1 Å². The molecule has 1 N–H and O–H groups in total. The van der Waals surface area contributed by atoms with E-state index in [4.69, 9.17) is 4.74 Å². The van der Waals surface area contributed by atoms with Gasteiger partial charge in [0.15, 0.2) is 9.84 Å². The van der Waals surface area contributed by atoms with Crippen LogP contribution in [0, 0.1) is 0 Å². The Morgan fingerprint density at radius 2 is 1.71 bits per heavy atom. The number of rotatable bonds is 6. The Morgan fingerprint density at radius 1 is 1.03 bits per heavy atom. The first-order valence-electron chi connectivity index (χ1n) is 10.4. The van der Waals surface area contributed by atoms with E-state index in [-0.39, 0.29) is 30.4 Å². The lowest BCUT2D eigenvalue weighted by molar-refractivity contribution is -0.134. The molecule has 164 valence electrons. The van der Waals surface area contributed by atoms with E-state index in [1.807, 2.05) is 0 Å². The van der Waals surface area contributed by atoms with E-state index in [0.717, 1.165) is 12.8 Å². The summed E-state index contributed by atoms with van der Waals surface area (Å²) in [5, 5.41) is 2.20. The van der Waals surface area contributed by atoms with Gasteiger partial charge in [-0.05, 0) is 56.0 Å². The number of hydrogen-bond acceptors (Lipinski definition) is 5. The number of benzene rings is 2. The van der Waals surface area contributed by atoms with E-state index in [1.54, 1.807) is 59.5 Å². The number of nitrogens with one attached hydrogen (secondary N) is 1. The van der Waals surface area contributed by atoms with Gasteiger partial charge in [-0.3, -0.25) is 9.59 Å². The highest BCUT2D eigenvalue weighted by Gasteiger charge is 2.47. The summed E-state index contributed by atoms with van der Waals surface area (Å²) in [6.07, 6.45) is 2.45. The molecular weight excluding hydrogens is 416 g/mol. The minimum absolute atomic E-state index is 0.108. The number of fused-ring (bicyclic) bond motifs is 2. The molecule has 2 aliphatic heterocycles. The molecule has 0 spiro atoms. The second-order valence-corrected chi connectivity index (χ2v) is 10.3. The highest BCUT2D eigenvalue weighted by Crippen LogP contribution is 2.39. The molecule has 4 rings (SSSR count). The van der Waals surface area contributed by atoms with Crippen molar-refractivity contribution in [3.63, 3.8) is 0 Å². The number of piperidine rings is 1. The van der Waals surface area contributed by atoms with Gasteiger partial charge in [-0.25, -0.2) is 8.42 Å². The highest BCUT2D eigenvalue weighted by molar-refractivity contribution is 7.92. The van der Waals surface area contributed by atoms with Crippen LogP contribution in [-0.4, -0.2) is 56.1 Å². The Bertz CT molecular complexity index is 1060. The summed E-state index contributed by atoms with van der Waals surface area (Å²) in [6.45, 7) is -0.112. The van der Waals surface area contributed by atoms with Crippen molar-refractivity contribution in [1.29, 1.82) is 0 Å². The molecule has 0 saturated carbocycles. The van der Waals surface area contributed by atoms with Gasteiger partial charge in [0.2, 0.25) is 5.91 Å². The number of hydrogen-bond donors (Lipinski definition) is 1. The van der Waals surface area contributed by atoms with E-state index in [2.05, 4.69) is 5.32 Å². The molecule has 2 aromatic carbocycles. The van der Waals surface area contributed by atoms with Gasteiger partial charge in [0.1, 0.15) is 5.75 Å². The van der Waals surface area contributed by atoms with Crippen LogP contribution >= 0.6 is 0 Å². The number of sulfone groups is 1. The highest BCUT2D eigenvalue weighted by atomic mass is 32.2. The van der Waals surface area contributed by atoms with Gasteiger partial charge in [0.05, 0.1) is 23.8 Å². The van der Waals surface area contributed by atoms with Gasteiger partial charge in [0.25, 0.3) is 5.91 Å². The molecule has 2 aromatic rings. The van der Waals surface area contributed by atoms with Gasteiger partial charge < -0.3 is 15.0 Å². The molecule has 2 heterocycles. The quantitative estimate of drug-likeness (QED) is 0.742. The van der Waals surface area contributed by atoms with E-state index >= 15 is 0 Å². The number of amides is 2. The fourth-order valence-corrected chi connectivity index (χ4v) is 6.58. The Hall–Kier alpha value is -2.87. The van der Waals surface area contributed by atoms with Crippen LogP contribution in [-0.2, 0) is 14.6 Å². The van der Waals surface area contributed by atoms with Crippen LogP contribution in [0.3, 0.4) is 0 Å². The molecule has 2 bridgehead atoms. The molecule has 31 heavy (non-hydrogen) atoms. The van der Waals surface area contributed by atoms with Gasteiger partial charge in [0, 0.05) is 17.6 Å². The van der Waals surface area contributed by atoms with Crippen LogP contribution in [0.2, 0.25) is 0 Å². The molecule has 2 aliphatic rings. The monoisotopic (exact) mass is 442 g/mol. The van der Waals surface area contributed by atoms with Crippen molar-refractivity contribution in [2.45, 2.75) is 47.9 Å². The summed E-state index contributed by atoms with van der Waals surface area (Å²) < 4.78 is 31.2. The lowest BCUT2D eigenvalue weighted by Gasteiger charge is -2.38. The maximum absolute atomic E-state index is 13.0. The second kappa shape index (κ2) is 8.70. The predicted octanol–water partition coefficient (Wildman–Crippen LogP) is 2.42. The SMILES string of the molecule is COc1cccc(C(=O)NCC(=O)N2[C@@H]3CC[C@@H]2CC(S(=O)(=O)c2ccccc2)C3)c1. The molecule has 2 saturated heterocycles. The molecular formula is C23H26N2O5S. The second-order valence-electron chi connectivity index (χ2n) is 8.05. The standard InChI is InChI=1S/C23H26N2O5S/c1-30-19-7-5-6-16(12-19)23(27)24-15-22(26)25-17-10-11-18(25)14-21(13-17)31(28,29)20-8-3-2-4-9-20/h2-9,12,17-18,21H,10-11,13-15H2,1H3,(H,24,27)/t17-,18-/m1/s1. The Kier molecular flexibility index (Phi) is 6.00. The molecule has 7 nitrogen and oxygen atoms in total. The number of nitrogens with zero attached hydrogens (tertiary/aromatic N) is 1. The maximum atomic E-state index is 13.0. The van der Waals surface area contributed by atoms with Crippen LogP contribution in [0.15, 0.2) is 59.5 Å². The largest absolute Gasteiger partial charge is 0.497 e. The molecule has 8 heteroatoms. The Labute approximate surface area is 182 Å². The van der Waals surface area contributed by atoms with Crippen molar-refractivity contribution in [1.82, 2.24) is 10.2 Å². The topological polar surface area (TPSA) is 92.8 Å². The summed E-state index contributed by atoms with van der Waals surface area (Å²) in [7, 11) is -1.90. The van der Waals surface area contributed by atoms with Crippen molar-refractivity contribution in [2.75, 3.05) is 13.7 Å². The van der Waals surface area contributed by atoms with E-state index in [9.17, 15) is 18.0 Å². The van der Waals surface area contributed by atoms with Crippen LogP contribution in [0.25, 0.3) is 0 Å². The zero-order valence-corrected chi connectivity index (χ0v) is 18.2. The number of methoxy groups -OCH3 is 1. The van der Waals surface area contributed by atoms with Crippen LogP contribution in [0.1, 0.15) is 36.0 Å². The van der Waals surface area contributed by atoms with Crippen molar-refractivity contribution in [3.05, 3.63) is 60.2 Å². The molecule has 2 fully saturated rings. The first-order valence-corrected chi connectivity index (χ1v) is 12.0. The summed E-state index contributed by atoms with van der Waals surface area (Å²) in [4.78, 5) is 27.4.